The molecule has 1 atom stereocenters. The molecule has 1 aromatic carbocycles. The number of imidazole rings is 1. The van der Waals surface area contributed by atoms with Crippen LogP contribution in [0.3, 0.4) is 0 Å². The number of nitrogens with zero attached hydrogens (tertiary/aromatic N) is 7. The highest BCUT2D eigenvalue weighted by atomic mass is 35.5. The Labute approximate surface area is 197 Å². The SMILES string of the molecule is Cl.[C-]#[N+]c1nc2nc(N3CCCC(N)C3)n(CC#CC)c2c(=O)n1Cc1ccccc1C#N. The standard InChI is InChI=1S/C23H22N8O.ClH/c1-3-4-12-30-19-20(28-23(30)29-11-7-10-18(25)15-29)27-22(26-2)31(21(19)32)14-17-9-6-5-8-16(17)13-24;/h5-6,8-9,18H,7,10-12,14-15,25H2,1H3;1H. The van der Waals surface area contributed by atoms with Crippen molar-refractivity contribution in [2.24, 2.45) is 5.73 Å². The Bertz CT molecular complexity index is 1380. The van der Waals surface area contributed by atoms with Gasteiger partial charge in [0, 0.05) is 24.7 Å². The van der Waals surface area contributed by atoms with Gasteiger partial charge in [0.2, 0.25) is 11.6 Å². The largest absolute Gasteiger partial charge is 0.396 e. The minimum atomic E-state index is -0.383. The number of fused-ring (bicyclic) bond motifs is 1. The normalized spacial score (nSPS) is 15.2. The van der Waals surface area contributed by atoms with E-state index in [1.54, 1.807) is 35.8 Å². The third-order valence-corrected chi connectivity index (χ3v) is 5.55. The summed E-state index contributed by atoms with van der Waals surface area (Å²) in [7, 11) is 0. The number of anilines is 1. The Kier molecular flexibility index (Phi) is 7.35. The van der Waals surface area contributed by atoms with Crippen molar-refractivity contribution in [3.63, 3.8) is 0 Å². The van der Waals surface area contributed by atoms with Crippen LogP contribution in [0, 0.1) is 29.7 Å². The van der Waals surface area contributed by atoms with E-state index < -0.39 is 0 Å². The zero-order valence-electron chi connectivity index (χ0n) is 18.2. The van der Waals surface area contributed by atoms with Crippen LogP contribution in [0.1, 0.15) is 30.9 Å². The van der Waals surface area contributed by atoms with Crippen LogP contribution in [-0.2, 0) is 13.1 Å². The minimum absolute atomic E-state index is 0. The maximum atomic E-state index is 13.6. The molecule has 3 aromatic rings. The molecule has 0 radical (unpaired) electrons. The molecule has 9 nitrogen and oxygen atoms in total. The fourth-order valence-electron chi connectivity index (χ4n) is 4.00. The van der Waals surface area contributed by atoms with Crippen LogP contribution >= 0.6 is 12.4 Å². The Morgan fingerprint density at radius 3 is 2.79 bits per heavy atom. The zero-order valence-corrected chi connectivity index (χ0v) is 19.0. The molecule has 0 aliphatic carbocycles. The third-order valence-electron chi connectivity index (χ3n) is 5.55. The topological polar surface area (TPSA) is 110 Å². The van der Waals surface area contributed by atoms with E-state index in [-0.39, 0.29) is 48.7 Å². The maximum absolute atomic E-state index is 13.6. The fourth-order valence-corrected chi connectivity index (χ4v) is 4.00. The fraction of sp³-hybridized carbons (Fsp3) is 0.348. The average molecular weight is 463 g/mol. The second kappa shape index (κ2) is 10.2. The lowest BCUT2D eigenvalue weighted by Crippen LogP contribution is -2.44. The zero-order chi connectivity index (χ0) is 22.7. The summed E-state index contributed by atoms with van der Waals surface area (Å²) in [5.74, 6) is 6.40. The number of aromatic nitrogens is 4. The number of nitriles is 1. The molecule has 2 N–H and O–H groups in total. The summed E-state index contributed by atoms with van der Waals surface area (Å²) in [6.45, 7) is 11.0. The second-order valence-corrected chi connectivity index (χ2v) is 7.63. The number of nitrogens with two attached hydrogens (primary N) is 1. The van der Waals surface area contributed by atoms with E-state index in [9.17, 15) is 10.1 Å². The maximum Gasteiger partial charge on any atom is 0.343 e. The highest BCUT2D eigenvalue weighted by molar-refractivity contribution is 5.85. The highest BCUT2D eigenvalue weighted by Gasteiger charge is 2.27. The number of piperidine rings is 1. The summed E-state index contributed by atoms with van der Waals surface area (Å²) >= 11 is 0. The Balaban J connectivity index is 0.00000306. The van der Waals surface area contributed by atoms with Gasteiger partial charge in [0.1, 0.15) is 0 Å². The highest BCUT2D eigenvalue weighted by Crippen LogP contribution is 2.24. The first-order valence-corrected chi connectivity index (χ1v) is 10.3. The summed E-state index contributed by atoms with van der Waals surface area (Å²) in [6, 6.07) is 9.17. The number of rotatable bonds is 4. The quantitative estimate of drug-likeness (QED) is 0.471. The van der Waals surface area contributed by atoms with Gasteiger partial charge in [-0.1, -0.05) is 24.1 Å². The summed E-state index contributed by atoms with van der Waals surface area (Å²) in [4.78, 5) is 28.1. The Hall–Kier alpha value is -3.84. The molecule has 1 aliphatic rings. The van der Waals surface area contributed by atoms with Crippen molar-refractivity contribution in [2.75, 3.05) is 18.0 Å². The molecule has 0 saturated carbocycles. The van der Waals surface area contributed by atoms with Crippen LogP contribution in [0.2, 0.25) is 0 Å². The first-order valence-electron chi connectivity index (χ1n) is 10.3. The molecule has 0 spiro atoms. The minimum Gasteiger partial charge on any atom is -0.396 e. The summed E-state index contributed by atoms with van der Waals surface area (Å²) in [6.07, 6.45) is 1.87. The summed E-state index contributed by atoms with van der Waals surface area (Å²) in [5.41, 5.74) is 7.39. The van der Waals surface area contributed by atoms with Crippen LogP contribution in [0.25, 0.3) is 16.0 Å². The van der Waals surface area contributed by atoms with E-state index in [0.717, 1.165) is 19.4 Å². The average Bonchev–Trinajstić information content (AvgIpc) is 3.18. The Morgan fingerprint density at radius 2 is 2.09 bits per heavy atom. The summed E-state index contributed by atoms with van der Waals surface area (Å²) in [5, 5.41) is 9.42. The molecule has 0 amide bonds. The van der Waals surface area contributed by atoms with Crippen LogP contribution in [0.4, 0.5) is 11.9 Å². The van der Waals surface area contributed by atoms with E-state index in [4.69, 9.17) is 12.3 Å². The molecule has 33 heavy (non-hydrogen) atoms. The first-order chi connectivity index (χ1) is 15.6. The Morgan fingerprint density at radius 1 is 1.30 bits per heavy atom. The molecular formula is C23H23ClN8O. The molecule has 4 rings (SSSR count). The number of hydrogen-bond donors (Lipinski definition) is 1. The molecule has 0 bridgehead atoms. The summed E-state index contributed by atoms with van der Waals surface area (Å²) < 4.78 is 3.06. The van der Waals surface area contributed by atoms with E-state index >= 15 is 0 Å². The molecule has 1 fully saturated rings. The smallest absolute Gasteiger partial charge is 0.343 e. The van der Waals surface area contributed by atoms with Crippen LogP contribution in [-0.4, -0.2) is 38.2 Å². The molecule has 3 heterocycles. The van der Waals surface area contributed by atoms with E-state index in [1.807, 2.05) is 0 Å². The second-order valence-electron chi connectivity index (χ2n) is 7.63. The van der Waals surface area contributed by atoms with Gasteiger partial charge in [0.25, 0.3) is 0 Å². The third kappa shape index (κ3) is 4.54. The van der Waals surface area contributed by atoms with Crippen LogP contribution in [0.15, 0.2) is 29.1 Å². The van der Waals surface area contributed by atoms with Crippen molar-refractivity contribution in [3.05, 3.63) is 57.2 Å². The van der Waals surface area contributed by atoms with Crippen LogP contribution in [0.5, 0.6) is 0 Å². The predicted octanol–water partition coefficient (Wildman–Crippen LogP) is 2.44. The van der Waals surface area contributed by atoms with Crippen molar-refractivity contribution in [1.82, 2.24) is 19.1 Å². The van der Waals surface area contributed by atoms with Crippen LogP contribution < -0.4 is 16.2 Å². The molecule has 1 aliphatic heterocycles. The van der Waals surface area contributed by atoms with Crippen molar-refractivity contribution in [3.8, 4) is 17.9 Å². The van der Waals surface area contributed by atoms with Gasteiger partial charge in [-0.25, -0.2) is 4.79 Å². The van der Waals surface area contributed by atoms with Gasteiger partial charge >= 0.3 is 11.5 Å². The lowest BCUT2D eigenvalue weighted by Gasteiger charge is -2.31. The van der Waals surface area contributed by atoms with Crippen molar-refractivity contribution in [1.29, 1.82) is 5.26 Å². The van der Waals surface area contributed by atoms with E-state index in [0.29, 0.717) is 29.1 Å². The predicted molar refractivity (Wildman–Crippen MR) is 128 cm³/mol. The van der Waals surface area contributed by atoms with Crippen molar-refractivity contribution >= 4 is 35.5 Å². The molecule has 10 heteroatoms. The molecule has 2 aromatic heterocycles. The van der Waals surface area contributed by atoms with Gasteiger partial charge in [-0.3, -0.25) is 9.13 Å². The lowest BCUT2D eigenvalue weighted by molar-refractivity contribution is 0.496. The van der Waals surface area contributed by atoms with E-state index in [2.05, 4.69) is 37.6 Å². The van der Waals surface area contributed by atoms with Gasteiger partial charge in [0.05, 0.1) is 24.7 Å². The first kappa shape index (κ1) is 23.8. The van der Waals surface area contributed by atoms with Gasteiger partial charge in [-0.2, -0.15) is 10.2 Å². The van der Waals surface area contributed by atoms with Gasteiger partial charge in [0.15, 0.2) is 5.52 Å². The lowest BCUT2D eigenvalue weighted by atomic mass is 10.1. The van der Waals surface area contributed by atoms with Gasteiger partial charge in [-0.15, -0.1) is 29.9 Å². The monoisotopic (exact) mass is 462 g/mol. The molecule has 1 saturated heterocycles. The van der Waals surface area contributed by atoms with Crippen molar-refractivity contribution in [2.45, 2.75) is 38.9 Å². The number of benzene rings is 1. The van der Waals surface area contributed by atoms with E-state index in [1.165, 1.54) is 4.57 Å². The molecule has 168 valence electrons. The number of halogens is 1. The number of hydrogen-bond acceptors (Lipinski definition) is 6. The molecule has 1 unspecified atom stereocenters. The van der Waals surface area contributed by atoms with Gasteiger partial charge in [-0.05, 0) is 25.8 Å². The molecular weight excluding hydrogens is 440 g/mol. The van der Waals surface area contributed by atoms with Gasteiger partial charge < -0.3 is 15.5 Å². The van der Waals surface area contributed by atoms with Crippen molar-refractivity contribution < 1.29 is 0 Å².